The highest BCUT2D eigenvalue weighted by Crippen LogP contribution is 2.25. The monoisotopic (exact) mass is 317 g/mol. The van der Waals surface area contributed by atoms with Crippen LogP contribution in [-0.2, 0) is 20.8 Å². The lowest BCUT2D eigenvalue weighted by molar-refractivity contribution is -0.139. The van der Waals surface area contributed by atoms with Crippen LogP contribution in [0.3, 0.4) is 0 Å². The third-order valence-electron chi connectivity index (χ3n) is 2.48. The Bertz CT molecular complexity index is 429. The first-order valence-corrected chi connectivity index (χ1v) is 7.80. The van der Waals surface area contributed by atoms with Crippen LogP contribution >= 0.6 is 23.4 Å². The van der Waals surface area contributed by atoms with Crippen molar-refractivity contribution >= 4 is 29.3 Å². The summed E-state index contributed by atoms with van der Waals surface area (Å²) in [6.07, 6.45) is 0. The van der Waals surface area contributed by atoms with Gasteiger partial charge in [-0.05, 0) is 24.6 Å². The van der Waals surface area contributed by atoms with Crippen LogP contribution in [0.1, 0.15) is 12.5 Å². The predicted molar refractivity (Wildman–Crippen MR) is 82.4 cm³/mol. The molecule has 0 amide bonds. The maximum Gasteiger partial charge on any atom is 0.316 e. The highest BCUT2D eigenvalue weighted by atomic mass is 35.5. The fourth-order valence-electron chi connectivity index (χ4n) is 1.50. The summed E-state index contributed by atoms with van der Waals surface area (Å²) in [7, 11) is 1.67. The van der Waals surface area contributed by atoms with Crippen LogP contribution in [0.15, 0.2) is 23.1 Å². The van der Waals surface area contributed by atoms with Gasteiger partial charge in [0.1, 0.15) is 0 Å². The zero-order chi connectivity index (χ0) is 14.8. The molecule has 112 valence electrons. The number of carbonyl (C=O) groups is 1. The van der Waals surface area contributed by atoms with Crippen LogP contribution < -0.4 is 5.32 Å². The quantitative estimate of drug-likeness (QED) is 0.431. The smallest absolute Gasteiger partial charge is 0.316 e. The van der Waals surface area contributed by atoms with Gasteiger partial charge in [-0.1, -0.05) is 17.7 Å². The topological polar surface area (TPSA) is 47.6 Å². The molecule has 0 aliphatic carbocycles. The lowest BCUT2D eigenvalue weighted by Crippen LogP contribution is -2.18. The summed E-state index contributed by atoms with van der Waals surface area (Å²) < 4.78 is 9.84. The van der Waals surface area contributed by atoms with Gasteiger partial charge in [-0.3, -0.25) is 4.79 Å². The first kappa shape index (κ1) is 17.3. The van der Waals surface area contributed by atoms with Crippen LogP contribution in [0.4, 0.5) is 0 Å². The normalized spacial score (nSPS) is 10.6. The van der Waals surface area contributed by atoms with Gasteiger partial charge in [-0.15, -0.1) is 11.8 Å². The fourth-order valence-corrected chi connectivity index (χ4v) is 2.55. The van der Waals surface area contributed by atoms with E-state index in [1.165, 1.54) is 11.8 Å². The molecule has 0 aromatic heterocycles. The number of ether oxygens (including phenoxy) is 2. The van der Waals surface area contributed by atoms with Crippen molar-refractivity contribution in [3.05, 3.63) is 28.8 Å². The molecule has 0 atom stereocenters. The molecule has 0 saturated carbocycles. The van der Waals surface area contributed by atoms with Crippen LogP contribution in [0.2, 0.25) is 5.02 Å². The molecule has 0 unspecified atom stereocenters. The van der Waals surface area contributed by atoms with Gasteiger partial charge in [0.15, 0.2) is 0 Å². The Morgan fingerprint density at radius 2 is 2.25 bits per heavy atom. The van der Waals surface area contributed by atoms with Crippen molar-refractivity contribution in [3.8, 4) is 0 Å². The van der Waals surface area contributed by atoms with E-state index in [1.54, 1.807) is 14.0 Å². The molecular weight excluding hydrogens is 298 g/mol. The lowest BCUT2D eigenvalue weighted by atomic mass is 10.2. The number of halogens is 1. The minimum Gasteiger partial charge on any atom is -0.465 e. The Hall–Kier alpha value is -0.750. The number of benzene rings is 1. The maximum absolute atomic E-state index is 11.3. The maximum atomic E-state index is 11.3. The zero-order valence-electron chi connectivity index (χ0n) is 11.8. The van der Waals surface area contributed by atoms with Crippen molar-refractivity contribution in [1.82, 2.24) is 5.32 Å². The molecule has 0 radical (unpaired) electrons. The first-order chi connectivity index (χ1) is 9.67. The number of hydrogen-bond donors (Lipinski definition) is 1. The largest absolute Gasteiger partial charge is 0.465 e. The number of methoxy groups -OCH3 is 1. The van der Waals surface area contributed by atoms with Gasteiger partial charge in [-0.25, -0.2) is 0 Å². The molecule has 1 aromatic carbocycles. The number of nitrogens with one attached hydrogen (secondary N) is 1. The highest BCUT2D eigenvalue weighted by Gasteiger charge is 2.06. The van der Waals surface area contributed by atoms with Crippen molar-refractivity contribution in [2.75, 3.05) is 32.6 Å². The highest BCUT2D eigenvalue weighted by molar-refractivity contribution is 8.00. The molecule has 6 heteroatoms. The number of carbonyl (C=O) groups excluding carboxylic acids is 1. The average Bonchev–Trinajstić information content (AvgIpc) is 2.43. The molecule has 0 fully saturated rings. The molecule has 1 aromatic rings. The van der Waals surface area contributed by atoms with E-state index in [2.05, 4.69) is 5.32 Å². The van der Waals surface area contributed by atoms with Gasteiger partial charge in [0.05, 0.1) is 19.0 Å². The van der Waals surface area contributed by atoms with Gasteiger partial charge >= 0.3 is 5.97 Å². The second-order valence-electron chi connectivity index (χ2n) is 4.02. The SMILES string of the molecule is CCOC(=O)CSc1ccc(CNCCOC)c(Cl)c1. The molecule has 1 N–H and O–H groups in total. The summed E-state index contributed by atoms with van der Waals surface area (Å²) in [5, 5.41) is 3.94. The van der Waals surface area contributed by atoms with Gasteiger partial charge in [0, 0.05) is 30.1 Å². The van der Waals surface area contributed by atoms with Crippen molar-refractivity contribution in [2.24, 2.45) is 0 Å². The Labute approximate surface area is 129 Å². The molecule has 20 heavy (non-hydrogen) atoms. The minimum absolute atomic E-state index is 0.209. The van der Waals surface area contributed by atoms with E-state index in [0.29, 0.717) is 30.5 Å². The molecule has 0 bridgehead atoms. The van der Waals surface area contributed by atoms with Crippen molar-refractivity contribution < 1.29 is 14.3 Å². The summed E-state index contributed by atoms with van der Waals surface area (Å²) in [5.41, 5.74) is 1.03. The zero-order valence-corrected chi connectivity index (χ0v) is 13.4. The summed E-state index contributed by atoms with van der Waals surface area (Å²) in [4.78, 5) is 12.2. The van der Waals surface area contributed by atoms with E-state index < -0.39 is 0 Å². The standard InChI is InChI=1S/C14H20ClNO3S/c1-3-19-14(17)10-20-12-5-4-11(13(15)8-12)9-16-6-7-18-2/h4-5,8,16H,3,6-7,9-10H2,1-2H3. The van der Waals surface area contributed by atoms with Gasteiger partial charge in [0.25, 0.3) is 0 Å². The van der Waals surface area contributed by atoms with E-state index in [1.807, 2.05) is 18.2 Å². The second-order valence-corrected chi connectivity index (χ2v) is 5.47. The summed E-state index contributed by atoms with van der Waals surface area (Å²) >= 11 is 7.64. The molecule has 0 spiro atoms. The van der Waals surface area contributed by atoms with Gasteiger partial charge in [0.2, 0.25) is 0 Å². The van der Waals surface area contributed by atoms with E-state index >= 15 is 0 Å². The summed E-state index contributed by atoms with van der Waals surface area (Å²) in [5.74, 6) is 0.0919. The fraction of sp³-hybridized carbons (Fsp3) is 0.500. The van der Waals surface area contributed by atoms with E-state index in [9.17, 15) is 4.79 Å². The summed E-state index contributed by atoms with van der Waals surface area (Å²) in [6.45, 7) is 4.36. The van der Waals surface area contributed by atoms with Gasteiger partial charge in [-0.2, -0.15) is 0 Å². The molecule has 4 nitrogen and oxygen atoms in total. The Morgan fingerprint density at radius 3 is 2.90 bits per heavy atom. The number of rotatable bonds is 9. The Balaban J connectivity index is 2.44. The van der Waals surface area contributed by atoms with Crippen LogP contribution in [-0.4, -0.2) is 38.6 Å². The lowest BCUT2D eigenvalue weighted by Gasteiger charge is -2.08. The number of thioether (sulfide) groups is 1. The van der Waals surface area contributed by atoms with Gasteiger partial charge < -0.3 is 14.8 Å². The predicted octanol–water partition coefficient (Wildman–Crippen LogP) is 2.73. The molecule has 0 aliphatic heterocycles. The van der Waals surface area contributed by atoms with Crippen molar-refractivity contribution in [2.45, 2.75) is 18.4 Å². The first-order valence-electron chi connectivity index (χ1n) is 6.43. The third kappa shape index (κ3) is 6.61. The van der Waals surface area contributed by atoms with E-state index in [4.69, 9.17) is 21.1 Å². The Kier molecular flexibility index (Phi) is 8.69. The molecule has 1 rings (SSSR count). The third-order valence-corrected chi connectivity index (χ3v) is 3.80. The molecule has 0 aliphatic rings. The average molecular weight is 318 g/mol. The second kappa shape index (κ2) is 10.0. The van der Waals surface area contributed by atoms with E-state index in [-0.39, 0.29) is 5.97 Å². The van der Waals surface area contributed by atoms with E-state index in [0.717, 1.165) is 17.0 Å². The molecule has 0 heterocycles. The van der Waals surface area contributed by atoms with Crippen LogP contribution in [0, 0.1) is 0 Å². The van der Waals surface area contributed by atoms with Crippen molar-refractivity contribution in [3.63, 3.8) is 0 Å². The number of hydrogen-bond acceptors (Lipinski definition) is 5. The Morgan fingerprint density at radius 1 is 1.45 bits per heavy atom. The van der Waals surface area contributed by atoms with Crippen molar-refractivity contribution in [1.29, 1.82) is 0 Å². The molecule has 0 saturated heterocycles. The minimum atomic E-state index is -0.209. The summed E-state index contributed by atoms with van der Waals surface area (Å²) in [6, 6.07) is 5.80. The number of esters is 1. The van der Waals surface area contributed by atoms with Crippen LogP contribution in [0.5, 0.6) is 0 Å². The van der Waals surface area contributed by atoms with Crippen LogP contribution in [0.25, 0.3) is 0 Å². The molecular formula is C14H20ClNO3S.